The second kappa shape index (κ2) is 6.38. The highest BCUT2D eigenvalue weighted by Gasteiger charge is 2.08. The van der Waals surface area contributed by atoms with Gasteiger partial charge in [0.2, 0.25) is 0 Å². The third-order valence-corrected chi connectivity index (χ3v) is 2.75. The molecule has 0 fully saturated rings. The summed E-state index contributed by atoms with van der Waals surface area (Å²) in [6, 6.07) is 12.3. The summed E-state index contributed by atoms with van der Waals surface area (Å²) in [5.41, 5.74) is 6.19. The average Bonchev–Trinajstić information content (AvgIpc) is 2.53. The first-order valence-corrected chi connectivity index (χ1v) is 6.05. The lowest BCUT2D eigenvalue weighted by atomic mass is 10.2. The minimum atomic E-state index is -0.517. The van der Waals surface area contributed by atoms with Crippen LogP contribution in [-0.2, 0) is 0 Å². The monoisotopic (exact) mass is 287 g/mol. The molecule has 7 nitrogen and oxygen atoms in total. The summed E-state index contributed by atoms with van der Waals surface area (Å²) in [7, 11) is 1.57. The molecule has 0 saturated heterocycles. The van der Waals surface area contributed by atoms with Gasteiger partial charge in [-0.05, 0) is 36.4 Å². The van der Waals surface area contributed by atoms with Crippen LogP contribution in [0.1, 0.15) is 10.4 Å². The van der Waals surface area contributed by atoms with Crippen LogP contribution < -0.4 is 15.6 Å². The molecule has 2 N–H and O–H groups in total. The maximum absolute atomic E-state index is 11.9. The molecule has 0 aliphatic heterocycles. The minimum absolute atomic E-state index is 0.0605. The van der Waals surface area contributed by atoms with E-state index in [9.17, 15) is 14.9 Å². The second-order valence-corrected chi connectivity index (χ2v) is 4.11. The fourth-order valence-corrected chi connectivity index (χ4v) is 1.61. The second-order valence-electron chi connectivity index (χ2n) is 4.11. The fraction of sp³-hybridized carbons (Fsp3) is 0.0714. The van der Waals surface area contributed by atoms with E-state index in [1.54, 1.807) is 31.4 Å². The lowest BCUT2D eigenvalue weighted by molar-refractivity contribution is -0.384. The predicted molar refractivity (Wildman–Crippen MR) is 77.2 cm³/mol. The Morgan fingerprint density at radius 1 is 1.10 bits per heavy atom. The van der Waals surface area contributed by atoms with Crippen molar-refractivity contribution in [2.75, 3.05) is 12.5 Å². The SMILES string of the molecule is COc1ccc(NNC(=O)c2ccc([N+](=O)[O-])cc2)cc1. The van der Waals surface area contributed by atoms with Gasteiger partial charge in [-0.3, -0.25) is 25.8 Å². The van der Waals surface area contributed by atoms with Crippen molar-refractivity contribution in [1.29, 1.82) is 0 Å². The first-order valence-electron chi connectivity index (χ1n) is 6.05. The van der Waals surface area contributed by atoms with Crippen molar-refractivity contribution in [3.8, 4) is 5.75 Å². The number of nitro benzene ring substituents is 1. The molecule has 0 spiro atoms. The molecule has 0 bridgehead atoms. The summed E-state index contributed by atoms with van der Waals surface area (Å²) >= 11 is 0. The number of methoxy groups -OCH3 is 1. The Morgan fingerprint density at radius 2 is 1.71 bits per heavy atom. The van der Waals surface area contributed by atoms with Crippen molar-refractivity contribution in [2.24, 2.45) is 0 Å². The van der Waals surface area contributed by atoms with Crippen LogP contribution in [0.25, 0.3) is 0 Å². The number of rotatable bonds is 5. The number of nitro groups is 1. The third-order valence-electron chi connectivity index (χ3n) is 2.75. The van der Waals surface area contributed by atoms with Crippen LogP contribution in [0.15, 0.2) is 48.5 Å². The first kappa shape index (κ1) is 14.3. The molecular weight excluding hydrogens is 274 g/mol. The Labute approximate surface area is 120 Å². The predicted octanol–water partition coefficient (Wildman–Crippen LogP) is 2.36. The van der Waals surface area contributed by atoms with E-state index in [0.717, 1.165) is 0 Å². The summed E-state index contributed by atoms with van der Waals surface area (Å²) in [5, 5.41) is 10.5. The topological polar surface area (TPSA) is 93.5 Å². The quantitative estimate of drug-likeness (QED) is 0.650. The largest absolute Gasteiger partial charge is 0.497 e. The van der Waals surface area contributed by atoms with E-state index in [2.05, 4.69) is 10.9 Å². The van der Waals surface area contributed by atoms with Crippen molar-refractivity contribution in [2.45, 2.75) is 0 Å². The summed E-state index contributed by atoms with van der Waals surface area (Å²) in [4.78, 5) is 21.9. The van der Waals surface area contributed by atoms with Gasteiger partial charge in [0.25, 0.3) is 11.6 Å². The molecule has 0 heterocycles. The maximum Gasteiger partial charge on any atom is 0.269 e. The number of hydrogen-bond donors (Lipinski definition) is 2. The molecule has 0 unspecified atom stereocenters. The molecule has 1 amide bonds. The third kappa shape index (κ3) is 3.69. The van der Waals surface area contributed by atoms with E-state index in [-0.39, 0.29) is 11.6 Å². The summed E-state index contributed by atoms with van der Waals surface area (Å²) in [5.74, 6) is 0.322. The van der Waals surface area contributed by atoms with Crippen LogP contribution in [0.3, 0.4) is 0 Å². The Hall–Kier alpha value is -3.09. The highest BCUT2D eigenvalue weighted by Crippen LogP contribution is 2.15. The molecule has 21 heavy (non-hydrogen) atoms. The molecule has 7 heteroatoms. The Bertz CT molecular complexity index is 638. The number of ether oxygens (including phenoxy) is 1. The molecule has 0 saturated carbocycles. The molecule has 0 aromatic heterocycles. The van der Waals surface area contributed by atoms with Crippen LogP contribution in [0, 0.1) is 10.1 Å². The van der Waals surface area contributed by atoms with Gasteiger partial charge in [-0.25, -0.2) is 0 Å². The Kier molecular flexibility index (Phi) is 4.35. The Morgan fingerprint density at radius 3 is 2.24 bits per heavy atom. The molecule has 0 aliphatic rings. The summed E-state index contributed by atoms with van der Waals surface area (Å²) < 4.78 is 5.02. The van der Waals surface area contributed by atoms with E-state index >= 15 is 0 Å². The zero-order valence-electron chi connectivity index (χ0n) is 11.2. The number of anilines is 1. The zero-order chi connectivity index (χ0) is 15.2. The van der Waals surface area contributed by atoms with Crippen molar-refractivity contribution >= 4 is 17.3 Å². The molecule has 108 valence electrons. The van der Waals surface area contributed by atoms with Crippen LogP contribution in [0.4, 0.5) is 11.4 Å². The lowest BCUT2D eigenvalue weighted by Gasteiger charge is -2.09. The number of nitrogens with one attached hydrogen (secondary N) is 2. The number of carbonyl (C=O) groups excluding carboxylic acids is 1. The Balaban J connectivity index is 1.95. The molecule has 2 rings (SSSR count). The highest BCUT2D eigenvalue weighted by molar-refractivity contribution is 5.95. The van der Waals surface area contributed by atoms with Gasteiger partial charge in [0, 0.05) is 17.7 Å². The van der Waals surface area contributed by atoms with E-state index < -0.39 is 4.92 Å². The number of carbonyl (C=O) groups is 1. The van der Waals surface area contributed by atoms with Gasteiger partial charge < -0.3 is 4.74 Å². The normalized spacial score (nSPS) is 9.76. The molecule has 0 atom stereocenters. The van der Waals surface area contributed by atoms with Gasteiger partial charge >= 0.3 is 0 Å². The number of hydrazine groups is 1. The zero-order valence-corrected chi connectivity index (χ0v) is 11.2. The first-order chi connectivity index (χ1) is 10.1. The van der Waals surface area contributed by atoms with Crippen LogP contribution in [0.5, 0.6) is 5.75 Å². The van der Waals surface area contributed by atoms with E-state index in [4.69, 9.17) is 4.74 Å². The molecule has 2 aromatic carbocycles. The van der Waals surface area contributed by atoms with Crippen LogP contribution in [-0.4, -0.2) is 17.9 Å². The van der Waals surface area contributed by atoms with Crippen molar-refractivity contribution in [1.82, 2.24) is 5.43 Å². The average molecular weight is 287 g/mol. The number of hydrogen-bond acceptors (Lipinski definition) is 5. The van der Waals surface area contributed by atoms with Crippen molar-refractivity contribution in [3.63, 3.8) is 0 Å². The van der Waals surface area contributed by atoms with Gasteiger partial charge in [0.05, 0.1) is 17.7 Å². The van der Waals surface area contributed by atoms with E-state index in [1.807, 2.05) is 0 Å². The van der Waals surface area contributed by atoms with E-state index in [1.165, 1.54) is 24.3 Å². The summed E-state index contributed by atoms with van der Waals surface area (Å²) in [6.45, 7) is 0. The lowest BCUT2D eigenvalue weighted by Crippen LogP contribution is -2.29. The van der Waals surface area contributed by atoms with Crippen LogP contribution >= 0.6 is 0 Å². The maximum atomic E-state index is 11.9. The molecule has 0 aliphatic carbocycles. The number of nitrogens with zero attached hydrogens (tertiary/aromatic N) is 1. The van der Waals surface area contributed by atoms with Gasteiger partial charge in [0.15, 0.2) is 0 Å². The summed E-state index contributed by atoms with van der Waals surface area (Å²) in [6.07, 6.45) is 0. The molecular formula is C14H13N3O4. The number of amides is 1. The van der Waals surface area contributed by atoms with Crippen molar-refractivity contribution in [3.05, 3.63) is 64.2 Å². The van der Waals surface area contributed by atoms with Gasteiger partial charge in [-0.15, -0.1) is 0 Å². The number of benzene rings is 2. The number of non-ortho nitro benzene ring substituents is 1. The van der Waals surface area contributed by atoms with E-state index in [0.29, 0.717) is 17.0 Å². The van der Waals surface area contributed by atoms with Gasteiger partial charge in [-0.1, -0.05) is 0 Å². The minimum Gasteiger partial charge on any atom is -0.497 e. The van der Waals surface area contributed by atoms with Crippen molar-refractivity contribution < 1.29 is 14.5 Å². The fourth-order valence-electron chi connectivity index (χ4n) is 1.61. The molecule has 0 radical (unpaired) electrons. The van der Waals surface area contributed by atoms with Gasteiger partial charge in [-0.2, -0.15) is 0 Å². The standard InChI is InChI=1S/C14H13N3O4/c1-21-13-8-4-11(5-9-13)15-16-14(18)10-2-6-12(7-3-10)17(19)20/h2-9,15H,1H3,(H,16,18). The van der Waals surface area contributed by atoms with Gasteiger partial charge in [0.1, 0.15) is 5.75 Å². The smallest absolute Gasteiger partial charge is 0.269 e. The highest BCUT2D eigenvalue weighted by atomic mass is 16.6. The molecule has 2 aromatic rings. The van der Waals surface area contributed by atoms with Crippen LogP contribution in [0.2, 0.25) is 0 Å².